The predicted octanol–water partition coefficient (Wildman–Crippen LogP) is 6.20. The summed E-state index contributed by atoms with van der Waals surface area (Å²) in [6, 6.07) is 20.5. The Labute approximate surface area is 448 Å². The number of unbranched alkanes of at least 4 members (excludes halogenated alkanes) is 1. The molecule has 0 spiro atoms. The van der Waals surface area contributed by atoms with Gasteiger partial charge in [-0.25, -0.2) is 33.9 Å². The number of carboxylic acid groups (broad SMARTS) is 3. The molecule has 0 saturated heterocycles. The summed E-state index contributed by atoms with van der Waals surface area (Å²) in [7, 11) is 0. The number of aromatic amines is 1. The van der Waals surface area contributed by atoms with Crippen LogP contribution in [0.3, 0.4) is 0 Å². The first-order chi connectivity index (χ1) is 37.0. The van der Waals surface area contributed by atoms with E-state index in [2.05, 4.69) is 83.7 Å². The highest BCUT2D eigenvalue weighted by molar-refractivity contribution is 7.80. The molecule has 0 bridgehead atoms. The minimum absolute atomic E-state index is 0.0501. The number of carbonyl (C=O) groups excluding carboxylic acids is 2. The second-order valence-corrected chi connectivity index (χ2v) is 18.5. The number of carbonyl (C=O) groups is 5. The summed E-state index contributed by atoms with van der Waals surface area (Å²) in [6.45, 7) is 13.7. The van der Waals surface area contributed by atoms with Crippen molar-refractivity contribution in [1.82, 2.24) is 40.5 Å². The van der Waals surface area contributed by atoms with E-state index in [1.165, 1.54) is 24.4 Å². The number of thiocarbonyl (C=S) groups is 1. The van der Waals surface area contributed by atoms with Crippen LogP contribution in [0.5, 0.6) is 0 Å². The van der Waals surface area contributed by atoms with Crippen LogP contribution in [0.25, 0.3) is 44.6 Å². The molecular weight excluding hydrogens is 1010 g/mol. The van der Waals surface area contributed by atoms with E-state index in [0.29, 0.717) is 59.2 Å². The molecule has 402 valence electrons. The van der Waals surface area contributed by atoms with E-state index >= 15 is 0 Å². The molecule has 21 nitrogen and oxygen atoms in total. The predicted molar refractivity (Wildman–Crippen MR) is 297 cm³/mol. The Morgan fingerprint density at radius 2 is 1.51 bits per heavy atom. The number of aromatic nitrogens is 4. The molecule has 0 saturated carbocycles. The zero-order valence-corrected chi connectivity index (χ0v) is 44.2. The number of nitrogens with zero attached hydrogens (tertiary/aromatic N) is 5. The molecule has 7 rings (SSSR count). The van der Waals surface area contributed by atoms with Gasteiger partial charge in [0.15, 0.2) is 16.3 Å². The lowest BCUT2D eigenvalue weighted by atomic mass is 9.90. The number of aryl methyl sites for hydroxylation is 1. The molecule has 2 atom stereocenters. The summed E-state index contributed by atoms with van der Waals surface area (Å²) in [6.07, 6.45) is 1.69. The molecule has 22 heteroatoms. The summed E-state index contributed by atoms with van der Waals surface area (Å²) >= 11 is 5.55. The van der Waals surface area contributed by atoms with Gasteiger partial charge in [0.1, 0.15) is 42.3 Å². The Kier molecular flexibility index (Phi) is 18.6. The number of anilines is 3. The molecule has 2 unspecified atom stereocenters. The lowest BCUT2D eigenvalue weighted by molar-refractivity contribution is -0.142. The smallest absolute Gasteiger partial charge is 0.336 e. The van der Waals surface area contributed by atoms with Gasteiger partial charge in [0.05, 0.1) is 30.1 Å². The van der Waals surface area contributed by atoms with Crippen LogP contribution >= 0.6 is 12.2 Å². The van der Waals surface area contributed by atoms with Gasteiger partial charge in [-0.2, -0.15) is 0 Å². The van der Waals surface area contributed by atoms with Crippen molar-refractivity contribution in [2.45, 2.75) is 85.4 Å². The lowest BCUT2D eigenvalue weighted by Gasteiger charge is -2.22. The molecule has 9 N–H and O–H groups in total. The fraction of sp³-hybridized carbons (Fsp3) is 0.327. The maximum atomic E-state index is 13.0. The standard InChI is InChI=1S/C55H61N11O10S/c1-6-65(7-2)36-18-21-39-44(27-36)76-45-28-37(66(8-3)9-4)19-22-40(45)47(39)38-20-17-34(26-41(38)52(70)71)62-55(77)56-25-11-10-12-42(53(72)73)63-46(67)24-23-43(54(74)75)64-50(68)32-13-15-33(16-14-32)57-29-35-30-58-49-48(61-35)51(69)60-31(5)59-49/h13-22,26-28,30,42-43H,6-12,23-25,29H2,1-5H3,(H8,56,57,58,59,60,63,64,67,68,69,70,71,72,73,74,75,77)/p+1. The third kappa shape index (κ3) is 13.9. The molecule has 1 aliphatic heterocycles. The van der Waals surface area contributed by atoms with E-state index in [1.54, 1.807) is 31.2 Å². The number of aliphatic carboxylic acids is 2. The third-order valence-electron chi connectivity index (χ3n) is 13.0. The van der Waals surface area contributed by atoms with Gasteiger partial charge in [-0.1, -0.05) is 6.07 Å². The number of hydrogen-bond donors (Lipinski definition) is 9. The van der Waals surface area contributed by atoms with Crippen molar-refractivity contribution in [1.29, 1.82) is 0 Å². The van der Waals surface area contributed by atoms with E-state index < -0.39 is 47.4 Å². The maximum absolute atomic E-state index is 13.0. The Balaban J connectivity index is 0.899. The Hall–Kier alpha value is -8.79. The van der Waals surface area contributed by atoms with Crippen LogP contribution in [0.15, 0.2) is 94.3 Å². The number of H-pyrrole nitrogens is 1. The largest absolute Gasteiger partial charge is 0.480 e. The Morgan fingerprint density at radius 1 is 0.805 bits per heavy atom. The number of benzene rings is 4. The first-order valence-electron chi connectivity index (χ1n) is 25.4. The quantitative estimate of drug-likeness (QED) is 0.0141. The Bertz CT molecular complexity index is 3440. The van der Waals surface area contributed by atoms with Gasteiger partial charge in [0, 0.05) is 77.3 Å². The molecule has 1 aliphatic carbocycles. The van der Waals surface area contributed by atoms with E-state index in [0.717, 1.165) is 53.7 Å². The van der Waals surface area contributed by atoms with Gasteiger partial charge in [0.2, 0.25) is 11.3 Å². The van der Waals surface area contributed by atoms with Crippen LogP contribution in [0, 0.1) is 6.92 Å². The van der Waals surface area contributed by atoms with Crippen LogP contribution in [-0.4, -0.2) is 115 Å². The highest BCUT2D eigenvalue weighted by atomic mass is 32.1. The number of amides is 2. The van der Waals surface area contributed by atoms with Crippen molar-refractivity contribution in [2.75, 3.05) is 48.3 Å². The zero-order valence-electron chi connectivity index (χ0n) is 43.4. The minimum atomic E-state index is -1.45. The average Bonchev–Trinajstić information content (AvgIpc) is 3.43. The number of nitrogens with one attached hydrogen (secondary N) is 6. The van der Waals surface area contributed by atoms with Crippen molar-refractivity contribution in [2.24, 2.45) is 0 Å². The summed E-state index contributed by atoms with van der Waals surface area (Å²) in [5, 5.41) is 46.4. The molecule has 2 aromatic heterocycles. The van der Waals surface area contributed by atoms with Crippen molar-refractivity contribution in [3.05, 3.63) is 123 Å². The van der Waals surface area contributed by atoms with Crippen molar-refractivity contribution in [3.8, 4) is 22.5 Å². The van der Waals surface area contributed by atoms with Crippen LogP contribution in [0.1, 0.15) is 92.0 Å². The molecule has 77 heavy (non-hydrogen) atoms. The summed E-state index contributed by atoms with van der Waals surface area (Å²) in [4.78, 5) is 92.9. The SMILES string of the molecule is CCN(CC)c1ccc2c(-c3ccc(NC(=S)NCCCCC(NC(=O)CCC(NC(=O)c4ccc(NCc5cnc6nc(C)[nH]c(=O)c6n5)cc4)C(=O)O)C(=O)O)cc3C(=O)O)c3ccc(=[N+](CC)CC)cc-3oc2c1. The normalized spacial score (nSPS) is 11.9. The molecule has 2 aliphatic rings. The Morgan fingerprint density at radius 3 is 2.19 bits per heavy atom. The van der Waals surface area contributed by atoms with Crippen LogP contribution < -0.4 is 47.0 Å². The monoisotopic (exact) mass is 1070 g/mol. The highest BCUT2D eigenvalue weighted by Gasteiger charge is 2.26. The first kappa shape index (κ1) is 55.9. The van der Waals surface area contributed by atoms with Crippen molar-refractivity contribution in [3.63, 3.8) is 0 Å². The molecule has 0 fully saturated rings. The fourth-order valence-electron chi connectivity index (χ4n) is 8.98. The van der Waals surface area contributed by atoms with Gasteiger partial charge in [-0.3, -0.25) is 14.4 Å². The summed E-state index contributed by atoms with van der Waals surface area (Å²) < 4.78 is 8.80. The van der Waals surface area contributed by atoms with E-state index in [1.807, 2.05) is 36.4 Å². The fourth-order valence-corrected chi connectivity index (χ4v) is 9.20. The number of carboxylic acids is 3. The third-order valence-corrected chi connectivity index (χ3v) is 13.3. The topological polar surface area (TPSA) is 297 Å². The summed E-state index contributed by atoms with van der Waals surface area (Å²) in [5.74, 6) is -4.13. The summed E-state index contributed by atoms with van der Waals surface area (Å²) in [5.41, 5.74) is 5.24. The van der Waals surface area contributed by atoms with Crippen molar-refractivity contribution < 1.29 is 43.7 Å². The maximum Gasteiger partial charge on any atom is 0.336 e. The second-order valence-electron chi connectivity index (χ2n) is 18.1. The van der Waals surface area contributed by atoms with Gasteiger partial charge < -0.3 is 56.2 Å². The first-order valence-corrected chi connectivity index (χ1v) is 25.8. The van der Waals surface area contributed by atoms with Gasteiger partial charge in [-0.05, 0) is 133 Å². The van der Waals surface area contributed by atoms with Crippen LogP contribution in [-0.2, 0) is 20.9 Å². The van der Waals surface area contributed by atoms with Crippen LogP contribution in [0.4, 0.5) is 17.1 Å². The second kappa shape index (κ2) is 25.6. The van der Waals surface area contributed by atoms with Crippen LogP contribution in [0.2, 0.25) is 0 Å². The van der Waals surface area contributed by atoms with Gasteiger partial charge >= 0.3 is 17.9 Å². The molecule has 2 amide bonds. The lowest BCUT2D eigenvalue weighted by Crippen LogP contribution is -2.44. The highest BCUT2D eigenvalue weighted by Crippen LogP contribution is 2.42. The van der Waals surface area contributed by atoms with Gasteiger partial charge in [-0.15, -0.1) is 0 Å². The number of aromatic carboxylic acids is 1. The molecule has 3 heterocycles. The van der Waals surface area contributed by atoms with Crippen molar-refractivity contribution >= 4 is 86.2 Å². The van der Waals surface area contributed by atoms with E-state index in [-0.39, 0.29) is 53.2 Å². The molecule has 0 radical (unpaired) electrons. The molecular formula is C55H62N11O10S+. The van der Waals surface area contributed by atoms with Gasteiger partial charge in [0.25, 0.3) is 11.5 Å². The number of fused-ring (bicyclic) bond motifs is 3. The minimum Gasteiger partial charge on any atom is -0.480 e. The molecule has 5 aromatic rings. The van der Waals surface area contributed by atoms with E-state index in [4.69, 9.17) is 16.6 Å². The number of rotatable bonds is 24. The van der Waals surface area contributed by atoms with E-state index in [9.17, 15) is 44.1 Å². The molecule has 3 aromatic carbocycles. The zero-order chi connectivity index (χ0) is 55.3. The average molecular weight is 1070 g/mol. The number of hydrogen-bond acceptors (Lipinski definition) is 13.